The monoisotopic (exact) mass is 261 g/mol. The average Bonchev–Trinajstić information content (AvgIpc) is 2.35. The van der Waals surface area contributed by atoms with E-state index < -0.39 is 6.10 Å². The Hall–Kier alpha value is -1.83. The summed E-state index contributed by atoms with van der Waals surface area (Å²) in [7, 11) is 1.64. The van der Waals surface area contributed by atoms with E-state index in [1.54, 1.807) is 26.1 Å². The fourth-order valence-electron chi connectivity index (χ4n) is 1.76. The van der Waals surface area contributed by atoms with E-state index in [1.807, 2.05) is 13.0 Å². The van der Waals surface area contributed by atoms with Crippen molar-refractivity contribution in [2.45, 2.75) is 20.0 Å². The summed E-state index contributed by atoms with van der Waals surface area (Å²) in [6.45, 7) is 3.55. The van der Waals surface area contributed by atoms with Crippen molar-refractivity contribution in [1.29, 1.82) is 0 Å². The molecule has 1 aromatic carbocycles. The first kappa shape index (κ1) is 15.2. The first-order valence-electron chi connectivity index (χ1n) is 6.09. The van der Waals surface area contributed by atoms with Gasteiger partial charge in [-0.2, -0.15) is 0 Å². The molecule has 1 atom stereocenters. The highest BCUT2D eigenvalue weighted by molar-refractivity contribution is 5.96. The first-order chi connectivity index (χ1) is 8.95. The zero-order chi connectivity index (χ0) is 14.4. The molecule has 0 radical (unpaired) electrons. The van der Waals surface area contributed by atoms with Crippen molar-refractivity contribution in [3.63, 3.8) is 0 Å². The van der Waals surface area contributed by atoms with Crippen molar-refractivity contribution in [2.75, 3.05) is 20.2 Å². The summed E-state index contributed by atoms with van der Waals surface area (Å²) < 4.78 is 0. The van der Waals surface area contributed by atoms with Gasteiger partial charge >= 0.3 is 0 Å². The Morgan fingerprint density at radius 1 is 1.47 bits per heavy atom. The van der Waals surface area contributed by atoms with Gasteiger partial charge in [0.25, 0.3) is 5.91 Å². The normalized spacial score (nSPS) is 11.4. The third-order valence-electron chi connectivity index (χ3n) is 2.59. The minimum absolute atomic E-state index is 0.188. The van der Waals surface area contributed by atoms with Gasteiger partial charge < -0.3 is 15.1 Å². The molecule has 0 spiro atoms. The lowest BCUT2D eigenvalue weighted by molar-refractivity contribution is 0.0703. The van der Waals surface area contributed by atoms with Gasteiger partial charge in [-0.3, -0.25) is 4.79 Å². The second-order valence-corrected chi connectivity index (χ2v) is 4.54. The molecule has 2 N–H and O–H groups in total. The van der Waals surface area contributed by atoms with Crippen LogP contribution in [0.2, 0.25) is 0 Å². The average molecular weight is 261 g/mol. The van der Waals surface area contributed by atoms with Crippen molar-refractivity contribution in [1.82, 2.24) is 4.90 Å². The van der Waals surface area contributed by atoms with Crippen LogP contribution in [0.1, 0.15) is 28.4 Å². The van der Waals surface area contributed by atoms with Crippen LogP contribution in [0.15, 0.2) is 18.2 Å². The van der Waals surface area contributed by atoms with E-state index in [2.05, 4.69) is 11.8 Å². The Balaban J connectivity index is 3.09. The summed E-state index contributed by atoms with van der Waals surface area (Å²) in [4.78, 5) is 13.8. The van der Waals surface area contributed by atoms with Gasteiger partial charge in [0.2, 0.25) is 0 Å². The van der Waals surface area contributed by atoms with Gasteiger partial charge in [0.15, 0.2) is 0 Å². The summed E-state index contributed by atoms with van der Waals surface area (Å²) in [5.41, 5.74) is 2.04. The van der Waals surface area contributed by atoms with Gasteiger partial charge in [-0.25, -0.2) is 0 Å². The third-order valence-corrected chi connectivity index (χ3v) is 2.59. The van der Waals surface area contributed by atoms with Crippen molar-refractivity contribution < 1.29 is 15.0 Å². The van der Waals surface area contributed by atoms with Crippen LogP contribution in [0.5, 0.6) is 0 Å². The van der Waals surface area contributed by atoms with E-state index in [0.29, 0.717) is 11.1 Å². The number of carbonyl (C=O) groups is 1. The smallest absolute Gasteiger partial charge is 0.254 e. The van der Waals surface area contributed by atoms with Crippen LogP contribution >= 0.6 is 0 Å². The first-order valence-corrected chi connectivity index (χ1v) is 6.09. The Morgan fingerprint density at radius 2 is 2.16 bits per heavy atom. The lowest BCUT2D eigenvalue weighted by atomic mass is 10.0. The summed E-state index contributed by atoms with van der Waals surface area (Å²) in [6.07, 6.45) is -0.578. The van der Waals surface area contributed by atoms with Crippen LogP contribution < -0.4 is 0 Å². The zero-order valence-corrected chi connectivity index (χ0v) is 11.5. The van der Waals surface area contributed by atoms with Gasteiger partial charge in [-0.05, 0) is 26.0 Å². The number of benzene rings is 1. The molecule has 0 saturated heterocycles. The number of rotatable bonds is 3. The number of likely N-dealkylation sites (N-methyl/N-ethyl adjacent to an activating group) is 1. The van der Waals surface area contributed by atoms with Gasteiger partial charge in [0.05, 0.1) is 11.7 Å². The summed E-state index contributed by atoms with van der Waals surface area (Å²) in [6, 6.07) is 5.40. The maximum absolute atomic E-state index is 12.3. The molecule has 1 unspecified atom stereocenters. The zero-order valence-electron chi connectivity index (χ0n) is 11.5. The van der Waals surface area contributed by atoms with Crippen molar-refractivity contribution in [3.8, 4) is 11.8 Å². The molecular formula is C15H19NO3. The van der Waals surface area contributed by atoms with Gasteiger partial charge in [-0.1, -0.05) is 23.5 Å². The fourth-order valence-corrected chi connectivity index (χ4v) is 1.76. The predicted molar refractivity (Wildman–Crippen MR) is 73.8 cm³/mol. The van der Waals surface area contributed by atoms with Gasteiger partial charge in [-0.15, -0.1) is 0 Å². The number of carbonyl (C=O) groups excluding carboxylic acids is 1. The van der Waals surface area contributed by atoms with Crippen molar-refractivity contribution in [2.24, 2.45) is 0 Å². The summed E-state index contributed by atoms with van der Waals surface area (Å²) >= 11 is 0. The minimum Gasteiger partial charge on any atom is -0.392 e. The molecule has 0 heterocycles. The Morgan fingerprint density at radius 3 is 2.74 bits per heavy atom. The largest absolute Gasteiger partial charge is 0.392 e. The molecule has 102 valence electrons. The second-order valence-electron chi connectivity index (χ2n) is 4.54. The van der Waals surface area contributed by atoms with E-state index in [-0.39, 0.29) is 19.1 Å². The summed E-state index contributed by atoms with van der Waals surface area (Å²) in [5, 5.41) is 18.1. The van der Waals surface area contributed by atoms with Crippen LogP contribution in [0.25, 0.3) is 0 Å². The lowest BCUT2D eigenvalue weighted by Crippen LogP contribution is -2.33. The molecule has 1 rings (SSSR count). The van der Waals surface area contributed by atoms with Crippen LogP contribution in [0, 0.1) is 18.8 Å². The quantitative estimate of drug-likeness (QED) is 0.791. The molecule has 19 heavy (non-hydrogen) atoms. The second kappa shape index (κ2) is 6.93. The highest BCUT2D eigenvalue weighted by Crippen LogP contribution is 2.13. The number of aryl methyl sites for hydroxylation is 1. The maximum atomic E-state index is 12.3. The van der Waals surface area contributed by atoms with Crippen LogP contribution in [0.4, 0.5) is 0 Å². The Bertz CT molecular complexity index is 512. The summed E-state index contributed by atoms with van der Waals surface area (Å²) in [5.74, 6) is 5.13. The molecule has 0 fully saturated rings. The van der Waals surface area contributed by atoms with Crippen LogP contribution in [-0.2, 0) is 0 Å². The van der Waals surface area contributed by atoms with E-state index in [9.17, 15) is 9.90 Å². The number of hydrogen-bond donors (Lipinski definition) is 2. The molecular weight excluding hydrogens is 242 g/mol. The van der Waals surface area contributed by atoms with Crippen molar-refractivity contribution in [3.05, 3.63) is 34.9 Å². The predicted octanol–water partition coefficient (Wildman–Crippen LogP) is 0.792. The van der Waals surface area contributed by atoms with Crippen LogP contribution in [0.3, 0.4) is 0 Å². The maximum Gasteiger partial charge on any atom is 0.254 e. The van der Waals surface area contributed by atoms with E-state index in [1.165, 1.54) is 4.90 Å². The topological polar surface area (TPSA) is 60.8 Å². The van der Waals surface area contributed by atoms with Gasteiger partial charge in [0, 0.05) is 19.2 Å². The highest BCUT2D eigenvalue weighted by Gasteiger charge is 2.16. The molecule has 1 amide bonds. The van der Waals surface area contributed by atoms with E-state index in [4.69, 9.17) is 5.11 Å². The Kier molecular flexibility index (Phi) is 5.56. The molecule has 0 aliphatic carbocycles. The van der Waals surface area contributed by atoms with E-state index in [0.717, 1.165) is 5.56 Å². The molecule has 4 nitrogen and oxygen atoms in total. The molecule has 0 aromatic heterocycles. The molecule has 0 aliphatic heterocycles. The molecule has 4 heteroatoms. The van der Waals surface area contributed by atoms with Crippen molar-refractivity contribution >= 4 is 5.91 Å². The van der Waals surface area contributed by atoms with Crippen LogP contribution in [-0.4, -0.2) is 47.3 Å². The highest BCUT2D eigenvalue weighted by atomic mass is 16.3. The minimum atomic E-state index is -0.578. The standard InChI is InChI=1S/C15H19NO3/c1-11-6-7-13(5-4-8-17)14(9-11)15(19)16(3)10-12(2)18/h6-7,9,12,17-18H,8,10H2,1-3H3. The third kappa shape index (κ3) is 4.40. The number of amides is 1. The SMILES string of the molecule is Cc1ccc(C#CCO)c(C(=O)N(C)CC(C)O)c1. The molecule has 0 saturated carbocycles. The number of hydrogen-bond acceptors (Lipinski definition) is 3. The van der Waals surface area contributed by atoms with E-state index >= 15 is 0 Å². The Labute approximate surface area is 113 Å². The lowest BCUT2D eigenvalue weighted by Gasteiger charge is -2.19. The molecule has 0 aliphatic rings. The molecule has 0 bridgehead atoms. The van der Waals surface area contributed by atoms with Gasteiger partial charge in [0.1, 0.15) is 6.61 Å². The fraction of sp³-hybridized carbons (Fsp3) is 0.400. The number of aliphatic hydroxyl groups is 2. The number of nitrogens with zero attached hydrogens (tertiary/aromatic N) is 1. The number of aliphatic hydroxyl groups excluding tert-OH is 2. The molecule has 1 aromatic rings.